The van der Waals surface area contributed by atoms with E-state index in [1.54, 1.807) is 25.7 Å². The van der Waals surface area contributed by atoms with Crippen LogP contribution in [-0.2, 0) is 23.9 Å². The summed E-state index contributed by atoms with van der Waals surface area (Å²) >= 11 is 0. The second-order valence-electron chi connectivity index (χ2n) is 12.9. The summed E-state index contributed by atoms with van der Waals surface area (Å²) in [6.07, 6.45) is 2.69. The van der Waals surface area contributed by atoms with E-state index < -0.39 is 52.8 Å². The standard InChI is InChI=1S/C26H43N4O6P/c1-13-15-12-30(23(34)20(25(2,3)4)28-24(35)36-26(5,6)7)18(17(13)15)21(32)27-16(11-14-9-8-10-14)19(31)22(33)29-37/h13-18,20H,8-12,37H2,1-7H3,(H,27,32)(H,28,35)(H,29,33)/t13?,15-,16?,17+,18+,20-/m1/s1. The summed E-state index contributed by atoms with van der Waals surface area (Å²) in [4.78, 5) is 66.4. The number of hydrogen-bond acceptors (Lipinski definition) is 6. The average molecular weight is 539 g/mol. The number of carbonyl (C=O) groups is 5. The molecule has 0 aromatic rings. The number of nitrogens with zero attached hydrogens (tertiary/aromatic N) is 1. The van der Waals surface area contributed by atoms with E-state index in [9.17, 15) is 24.0 Å². The first-order chi connectivity index (χ1) is 17.0. The van der Waals surface area contributed by atoms with Crippen molar-refractivity contribution in [2.45, 2.75) is 97.9 Å². The smallest absolute Gasteiger partial charge is 0.408 e. The molecule has 7 atom stereocenters. The van der Waals surface area contributed by atoms with Gasteiger partial charge >= 0.3 is 6.09 Å². The minimum Gasteiger partial charge on any atom is -0.444 e. The summed E-state index contributed by atoms with van der Waals surface area (Å²) in [7, 11) is 2.02. The van der Waals surface area contributed by atoms with E-state index in [0.717, 1.165) is 19.3 Å². The summed E-state index contributed by atoms with van der Waals surface area (Å²) in [5.74, 6) is -1.55. The first-order valence-electron chi connectivity index (χ1n) is 13.2. The minimum absolute atomic E-state index is 0.0268. The SMILES string of the molecule is CC1[C@H]2[C@@H]1CN(C(=O)[C@@H](NC(=O)OC(C)(C)C)C(C)(C)C)[C@@H]2C(=O)NC(CC1CCC1)C(=O)C(=O)NP. The highest BCUT2D eigenvalue weighted by Crippen LogP contribution is 2.55. The summed E-state index contributed by atoms with van der Waals surface area (Å²) in [6, 6.07) is -2.63. The lowest BCUT2D eigenvalue weighted by molar-refractivity contribution is -0.145. The predicted molar refractivity (Wildman–Crippen MR) is 141 cm³/mol. The summed E-state index contributed by atoms with van der Waals surface area (Å²) < 4.78 is 5.39. The molecule has 0 bridgehead atoms. The fourth-order valence-corrected chi connectivity index (χ4v) is 5.64. The van der Waals surface area contributed by atoms with E-state index in [0.29, 0.717) is 13.0 Å². The van der Waals surface area contributed by atoms with E-state index in [1.807, 2.05) is 30.2 Å². The van der Waals surface area contributed by atoms with Crippen LogP contribution in [0.5, 0.6) is 0 Å². The maximum absolute atomic E-state index is 13.8. The van der Waals surface area contributed by atoms with Crippen LogP contribution in [0.2, 0.25) is 0 Å². The molecule has 37 heavy (non-hydrogen) atoms. The van der Waals surface area contributed by atoms with Crippen LogP contribution in [0.25, 0.3) is 0 Å². The molecule has 3 rings (SSSR count). The van der Waals surface area contributed by atoms with Crippen molar-refractivity contribution >= 4 is 39.0 Å². The van der Waals surface area contributed by atoms with Gasteiger partial charge in [0.15, 0.2) is 0 Å². The van der Waals surface area contributed by atoms with Gasteiger partial charge < -0.3 is 25.4 Å². The lowest BCUT2D eigenvalue weighted by atomic mass is 9.80. The van der Waals surface area contributed by atoms with Crippen molar-refractivity contribution in [3.8, 4) is 0 Å². The lowest BCUT2D eigenvalue weighted by Gasteiger charge is -2.37. The fraction of sp³-hybridized carbons (Fsp3) is 0.808. The molecule has 1 aliphatic heterocycles. The van der Waals surface area contributed by atoms with Crippen LogP contribution >= 0.6 is 9.39 Å². The van der Waals surface area contributed by atoms with Crippen LogP contribution in [0.4, 0.5) is 4.79 Å². The largest absolute Gasteiger partial charge is 0.444 e. The maximum atomic E-state index is 13.8. The van der Waals surface area contributed by atoms with E-state index in [4.69, 9.17) is 4.74 Å². The fourth-order valence-electron chi connectivity index (χ4n) is 5.50. The molecule has 0 radical (unpaired) electrons. The van der Waals surface area contributed by atoms with Gasteiger partial charge in [0.05, 0.1) is 6.04 Å². The Morgan fingerprint density at radius 2 is 1.65 bits per heavy atom. The summed E-state index contributed by atoms with van der Waals surface area (Å²) in [6.45, 7) is 13.2. The molecule has 208 valence electrons. The number of carbonyl (C=O) groups excluding carboxylic acids is 5. The number of Topliss-reactive ketones (excluding diaryl/α,β-unsaturated/α-hetero) is 1. The third-order valence-corrected chi connectivity index (χ3v) is 8.11. The highest BCUT2D eigenvalue weighted by atomic mass is 31.0. The highest BCUT2D eigenvalue weighted by Gasteiger charge is 2.63. The van der Waals surface area contributed by atoms with Crippen LogP contribution in [0.15, 0.2) is 0 Å². The number of ketones is 1. The van der Waals surface area contributed by atoms with E-state index >= 15 is 0 Å². The normalized spacial score (nSPS) is 26.8. The highest BCUT2D eigenvalue weighted by molar-refractivity contribution is 7.15. The molecule has 4 amide bonds. The van der Waals surface area contributed by atoms with E-state index in [1.165, 1.54) is 0 Å². The van der Waals surface area contributed by atoms with Crippen LogP contribution in [0.3, 0.4) is 0 Å². The Morgan fingerprint density at radius 3 is 2.14 bits per heavy atom. The molecule has 2 saturated carbocycles. The van der Waals surface area contributed by atoms with Crippen molar-refractivity contribution in [1.82, 2.24) is 20.6 Å². The third-order valence-electron chi connectivity index (χ3n) is 7.85. The predicted octanol–water partition coefficient (Wildman–Crippen LogP) is 2.17. The van der Waals surface area contributed by atoms with Gasteiger partial charge in [-0.1, -0.05) is 47.0 Å². The molecule has 1 saturated heterocycles. The van der Waals surface area contributed by atoms with Crippen LogP contribution in [0.1, 0.15) is 74.1 Å². The first-order valence-corrected chi connectivity index (χ1v) is 13.8. The molecule has 2 aliphatic carbocycles. The van der Waals surface area contributed by atoms with Crippen molar-refractivity contribution in [2.75, 3.05) is 6.54 Å². The molecule has 11 heteroatoms. The second kappa shape index (κ2) is 10.9. The third kappa shape index (κ3) is 6.81. The molecule has 3 fully saturated rings. The molecule has 0 aromatic carbocycles. The Kier molecular flexibility index (Phi) is 8.62. The second-order valence-corrected chi connectivity index (χ2v) is 13.2. The number of hydrogen-bond donors (Lipinski definition) is 3. The Morgan fingerprint density at radius 1 is 1.03 bits per heavy atom. The van der Waals surface area contributed by atoms with Gasteiger partial charge in [-0.15, -0.1) is 0 Å². The zero-order valence-electron chi connectivity index (χ0n) is 23.1. The molecule has 1 heterocycles. The Hall–Kier alpha value is -2.22. The lowest BCUT2D eigenvalue weighted by Crippen LogP contribution is -2.60. The quantitative estimate of drug-likeness (QED) is 0.320. The van der Waals surface area contributed by atoms with Crippen molar-refractivity contribution in [1.29, 1.82) is 0 Å². The van der Waals surface area contributed by atoms with Gasteiger partial charge in [0, 0.05) is 6.54 Å². The molecular weight excluding hydrogens is 495 g/mol. The maximum Gasteiger partial charge on any atom is 0.408 e. The topological polar surface area (TPSA) is 134 Å². The molecule has 3 aliphatic rings. The molecule has 0 spiro atoms. The number of alkyl carbamates (subject to hydrolysis) is 1. The van der Waals surface area contributed by atoms with Gasteiger partial charge in [0.2, 0.25) is 17.6 Å². The van der Waals surface area contributed by atoms with Crippen molar-refractivity contribution in [3.63, 3.8) is 0 Å². The molecule has 3 N–H and O–H groups in total. The number of nitrogens with one attached hydrogen (secondary N) is 3. The zero-order valence-corrected chi connectivity index (χ0v) is 24.2. The minimum atomic E-state index is -0.943. The number of likely N-dealkylation sites (tertiary alicyclic amines) is 1. The number of ether oxygens (including phenoxy) is 1. The van der Waals surface area contributed by atoms with Gasteiger partial charge in [-0.05, 0) is 65.7 Å². The van der Waals surface area contributed by atoms with Crippen LogP contribution < -0.4 is 15.7 Å². The molecule has 3 unspecified atom stereocenters. The van der Waals surface area contributed by atoms with Gasteiger partial charge in [-0.2, -0.15) is 0 Å². The van der Waals surface area contributed by atoms with Gasteiger partial charge in [-0.25, -0.2) is 4.79 Å². The first kappa shape index (κ1) is 29.3. The Bertz CT molecular complexity index is 938. The number of piperidine rings is 1. The number of amides is 4. The van der Waals surface area contributed by atoms with Crippen molar-refractivity contribution < 1.29 is 28.7 Å². The average Bonchev–Trinajstić information content (AvgIpc) is 3.18. The number of rotatable bonds is 8. The van der Waals surface area contributed by atoms with Gasteiger partial charge in [0.1, 0.15) is 17.7 Å². The Balaban J connectivity index is 1.80. The van der Waals surface area contributed by atoms with E-state index in [-0.39, 0.29) is 29.6 Å². The van der Waals surface area contributed by atoms with Crippen LogP contribution in [0, 0.1) is 29.1 Å². The van der Waals surface area contributed by atoms with Gasteiger partial charge in [-0.3, -0.25) is 19.2 Å². The number of fused-ring (bicyclic) bond motifs is 1. The van der Waals surface area contributed by atoms with Crippen molar-refractivity contribution in [3.05, 3.63) is 0 Å². The molecule has 10 nitrogen and oxygen atoms in total. The van der Waals surface area contributed by atoms with E-state index in [2.05, 4.69) is 22.6 Å². The summed E-state index contributed by atoms with van der Waals surface area (Å²) in [5, 5.41) is 7.81. The Labute approximate surface area is 222 Å². The molecular formula is C26H43N4O6P. The van der Waals surface area contributed by atoms with Gasteiger partial charge in [0.25, 0.3) is 5.91 Å². The zero-order chi connectivity index (χ0) is 27.9. The summed E-state index contributed by atoms with van der Waals surface area (Å²) in [5.41, 5.74) is -1.37. The monoisotopic (exact) mass is 538 g/mol. The van der Waals surface area contributed by atoms with Crippen molar-refractivity contribution in [2.24, 2.45) is 29.1 Å². The van der Waals surface area contributed by atoms with Crippen LogP contribution in [-0.4, -0.2) is 64.8 Å². The molecule has 0 aromatic heterocycles.